The fraction of sp³-hybridized carbons (Fsp3) is 0.182. The molecule has 1 fully saturated rings. The van der Waals surface area contributed by atoms with Crippen LogP contribution in [0, 0.1) is 11.3 Å². The summed E-state index contributed by atoms with van der Waals surface area (Å²) in [5.41, 5.74) is 11.9. The molecule has 1 aromatic carbocycles. The highest BCUT2D eigenvalue weighted by molar-refractivity contribution is 5.85. The van der Waals surface area contributed by atoms with Gasteiger partial charge in [0.05, 0.1) is 11.3 Å². The number of allylic oxidation sites excluding steroid dienone is 3. The van der Waals surface area contributed by atoms with Crippen molar-refractivity contribution in [3.63, 3.8) is 0 Å². The number of hydrogen-bond donors (Lipinski definition) is 2. The van der Waals surface area contributed by atoms with Gasteiger partial charge in [-0.2, -0.15) is 5.26 Å². The molecule has 5 heterocycles. The molecule has 1 aliphatic heterocycles. The molecule has 1 saturated heterocycles. The fourth-order valence-corrected chi connectivity index (χ4v) is 5.38. The predicted octanol–water partition coefficient (Wildman–Crippen LogP) is 3.71. The number of fused-ring (bicyclic) bond motifs is 1. The Kier molecular flexibility index (Phi) is 8.52. The number of hydrogen-bond acceptors (Lipinski definition) is 10. The Hall–Kier alpha value is -5.93. The third-order valence-electron chi connectivity index (χ3n) is 7.57. The molecule has 1 aliphatic rings. The molecule has 6 rings (SSSR count). The van der Waals surface area contributed by atoms with E-state index in [1.54, 1.807) is 18.6 Å². The van der Waals surface area contributed by atoms with Crippen LogP contribution in [0.3, 0.4) is 0 Å². The van der Waals surface area contributed by atoms with Crippen LogP contribution < -0.4 is 16.0 Å². The van der Waals surface area contributed by atoms with Crippen LogP contribution in [-0.4, -0.2) is 67.0 Å². The Bertz CT molecular complexity index is 1930. The molecule has 0 spiro atoms. The molecule has 0 unspecified atom stereocenters. The molecule has 45 heavy (non-hydrogen) atoms. The van der Waals surface area contributed by atoms with Gasteiger partial charge in [-0.15, -0.1) is 0 Å². The average Bonchev–Trinajstić information content (AvgIpc) is 3.46. The Morgan fingerprint density at radius 3 is 2.56 bits per heavy atom. The maximum Gasteiger partial charge on any atom is 0.234 e. The topological polar surface area (TPSA) is 155 Å². The molecule has 1 amide bonds. The number of nitrogens with two attached hydrogens (primary N) is 1. The second kappa shape index (κ2) is 13.2. The highest BCUT2D eigenvalue weighted by Crippen LogP contribution is 2.31. The number of piperazine rings is 1. The first-order valence-corrected chi connectivity index (χ1v) is 14.5. The van der Waals surface area contributed by atoms with Crippen LogP contribution in [0.25, 0.3) is 33.8 Å². The number of amides is 1. The Balaban J connectivity index is 1.29. The Labute approximate surface area is 260 Å². The number of imidazole rings is 1. The average molecular weight is 598 g/mol. The number of nitrogen functional groups attached to an aromatic ring is 1. The summed E-state index contributed by atoms with van der Waals surface area (Å²) in [6.45, 7) is 6.09. The lowest BCUT2D eigenvalue weighted by molar-refractivity contribution is -0.108. The monoisotopic (exact) mass is 597 g/mol. The number of nitrogens with zero attached hydrogens (tertiary/aromatic N) is 9. The molecule has 3 N–H and O–H groups in total. The number of aromatic nitrogens is 6. The van der Waals surface area contributed by atoms with Crippen LogP contribution in [0.15, 0.2) is 85.3 Å². The summed E-state index contributed by atoms with van der Waals surface area (Å²) >= 11 is 0. The van der Waals surface area contributed by atoms with Crippen molar-refractivity contribution >= 4 is 34.8 Å². The van der Waals surface area contributed by atoms with Crippen molar-refractivity contribution in [1.29, 1.82) is 5.26 Å². The van der Waals surface area contributed by atoms with Crippen molar-refractivity contribution in [3.05, 3.63) is 102 Å². The van der Waals surface area contributed by atoms with Crippen LogP contribution >= 0.6 is 0 Å². The summed E-state index contributed by atoms with van der Waals surface area (Å²) < 4.78 is 1.99. The minimum absolute atomic E-state index is 0.186. The van der Waals surface area contributed by atoms with Gasteiger partial charge in [0, 0.05) is 62.6 Å². The Morgan fingerprint density at radius 2 is 1.82 bits per heavy atom. The minimum Gasteiger partial charge on any atom is -0.383 e. The van der Waals surface area contributed by atoms with Crippen molar-refractivity contribution < 1.29 is 4.79 Å². The Morgan fingerprint density at radius 1 is 1.00 bits per heavy atom. The molecule has 0 radical (unpaired) electrons. The van der Waals surface area contributed by atoms with Crippen LogP contribution in [-0.2, 0) is 11.3 Å². The van der Waals surface area contributed by atoms with Gasteiger partial charge in [-0.1, -0.05) is 24.3 Å². The summed E-state index contributed by atoms with van der Waals surface area (Å²) in [5, 5.41) is 11.7. The van der Waals surface area contributed by atoms with E-state index in [1.165, 1.54) is 5.56 Å². The number of carbonyl (C=O) groups is 1. The van der Waals surface area contributed by atoms with Crippen LogP contribution in [0.2, 0.25) is 0 Å². The molecular weight excluding hydrogens is 566 g/mol. The quantitative estimate of drug-likeness (QED) is 0.190. The van der Waals surface area contributed by atoms with Crippen molar-refractivity contribution in [1.82, 2.24) is 39.7 Å². The van der Waals surface area contributed by atoms with Gasteiger partial charge in [0.2, 0.25) is 12.2 Å². The number of nitrogens with one attached hydrogen (secondary N) is 1. The van der Waals surface area contributed by atoms with Crippen LogP contribution in [0.1, 0.15) is 24.0 Å². The third kappa shape index (κ3) is 6.24. The molecule has 5 aromatic rings. The smallest absolute Gasteiger partial charge is 0.234 e. The van der Waals surface area contributed by atoms with E-state index < -0.39 is 0 Å². The number of carbonyl (C=O) groups excluding carboxylic acids is 1. The highest BCUT2D eigenvalue weighted by atomic mass is 16.1. The van der Waals surface area contributed by atoms with Crippen LogP contribution in [0.4, 0.5) is 11.6 Å². The first-order valence-electron chi connectivity index (χ1n) is 14.5. The minimum atomic E-state index is 0.186. The van der Waals surface area contributed by atoms with Gasteiger partial charge in [-0.25, -0.2) is 24.9 Å². The van der Waals surface area contributed by atoms with E-state index >= 15 is 0 Å². The second-order valence-corrected chi connectivity index (χ2v) is 10.4. The lowest BCUT2D eigenvalue weighted by Crippen LogP contribution is -2.46. The predicted molar refractivity (Wildman–Crippen MR) is 173 cm³/mol. The van der Waals surface area contributed by atoms with E-state index in [0.717, 1.165) is 49.8 Å². The summed E-state index contributed by atoms with van der Waals surface area (Å²) in [6.07, 6.45) is 9.31. The van der Waals surface area contributed by atoms with Crippen LogP contribution in [0.5, 0.6) is 0 Å². The van der Waals surface area contributed by atoms with Gasteiger partial charge < -0.3 is 16.0 Å². The van der Waals surface area contributed by atoms with E-state index in [4.69, 9.17) is 21.0 Å². The third-order valence-corrected chi connectivity index (χ3v) is 7.57. The fourth-order valence-electron chi connectivity index (χ4n) is 5.38. The molecular formula is C33H31N11O. The summed E-state index contributed by atoms with van der Waals surface area (Å²) in [7, 11) is 0. The summed E-state index contributed by atoms with van der Waals surface area (Å²) in [6, 6.07) is 19.8. The number of anilines is 2. The molecule has 12 nitrogen and oxygen atoms in total. The van der Waals surface area contributed by atoms with E-state index in [-0.39, 0.29) is 5.82 Å². The van der Waals surface area contributed by atoms with E-state index in [1.807, 2.05) is 60.0 Å². The normalized spacial score (nSPS) is 14.1. The number of nitriles is 1. The first-order chi connectivity index (χ1) is 22.1. The van der Waals surface area contributed by atoms with Crippen molar-refractivity contribution in [2.45, 2.75) is 13.5 Å². The highest BCUT2D eigenvalue weighted by Gasteiger charge is 2.21. The molecule has 12 heteroatoms. The number of rotatable bonds is 9. The van der Waals surface area contributed by atoms with Gasteiger partial charge in [0.25, 0.3) is 0 Å². The van der Waals surface area contributed by atoms with Gasteiger partial charge in [-0.05, 0) is 55.0 Å². The van der Waals surface area contributed by atoms with Crippen molar-refractivity contribution in [2.24, 2.45) is 0 Å². The largest absolute Gasteiger partial charge is 0.383 e. The zero-order chi connectivity index (χ0) is 31.2. The van der Waals surface area contributed by atoms with Crippen molar-refractivity contribution in [3.8, 4) is 23.1 Å². The van der Waals surface area contributed by atoms with Gasteiger partial charge in [-0.3, -0.25) is 14.3 Å². The molecule has 4 aromatic heterocycles. The lowest BCUT2D eigenvalue weighted by Gasteiger charge is -2.35. The molecule has 0 atom stereocenters. The maximum atomic E-state index is 11.0. The molecule has 0 bridgehead atoms. The maximum absolute atomic E-state index is 11.0. The zero-order valence-corrected chi connectivity index (χ0v) is 24.7. The van der Waals surface area contributed by atoms with E-state index in [9.17, 15) is 4.79 Å². The van der Waals surface area contributed by atoms with Gasteiger partial charge in [0.15, 0.2) is 11.5 Å². The number of pyridine rings is 2. The SMILES string of the molecule is C/C=C\C(=C/NC=O)c1ccc2nc(-c3cccnc3N)n(-c3ccc(CN4CCN(c5ccnc(C#N)n5)CC4)cc3)c2n1. The number of benzene rings is 1. The van der Waals surface area contributed by atoms with E-state index in [2.05, 4.69) is 54.3 Å². The molecule has 0 saturated carbocycles. The van der Waals surface area contributed by atoms with Gasteiger partial charge in [0.1, 0.15) is 23.2 Å². The molecule has 0 aliphatic carbocycles. The lowest BCUT2D eigenvalue weighted by atomic mass is 10.1. The summed E-state index contributed by atoms with van der Waals surface area (Å²) in [4.78, 5) is 38.1. The summed E-state index contributed by atoms with van der Waals surface area (Å²) in [5.74, 6) is 1.98. The van der Waals surface area contributed by atoms with Crippen molar-refractivity contribution in [2.75, 3.05) is 36.8 Å². The zero-order valence-electron chi connectivity index (χ0n) is 24.7. The van der Waals surface area contributed by atoms with E-state index in [0.29, 0.717) is 40.5 Å². The second-order valence-electron chi connectivity index (χ2n) is 10.4. The first kappa shape index (κ1) is 29.2. The molecule has 224 valence electrons. The standard InChI is InChI=1S/C33H31N11O/c1-2-4-24(20-36-22-45)27-10-11-28-33(39-27)44(32(40-28)26-5-3-13-38-31(26)35)25-8-6-23(7-9-25)21-42-15-17-43(18-16-42)30-12-14-37-29(19-34)41-30/h2-14,20,22H,15-18,21H2,1H3,(H2,35,38)(H,36,45)/b4-2-,24-20+. The van der Waals surface area contributed by atoms with Gasteiger partial charge >= 0.3 is 0 Å².